The molecule has 0 amide bonds. The van der Waals surface area contributed by atoms with Gasteiger partial charge in [-0.15, -0.1) is 0 Å². The molecule has 0 radical (unpaired) electrons. The van der Waals surface area contributed by atoms with Crippen LogP contribution in [-0.2, 0) is 4.79 Å². The van der Waals surface area contributed by atoms with E-state index in [0.717, 1.165) is 0 Å². The smallest absolute Gasteiger partial charge is 0.652 e. The number of hydrogen-bond acceptors (Lipinski definition) is 5. The first-order valence-corrected chi connectivity index (χ1v) is 1.71. The largest absolute Gasteiger partial charge is 1.00 e. The molecule has 0 aliphatic carbocycles. The monoisotopic (exact) mass is 182 g/mol. The van der Waals surface area contributed by atoms with E-state index in [-0.39, 0.29) is 59.1 Å². The zero-order valence-corrected chi connectivity index (χ0v) is 10.2. The van der Waals surface area contributed by atoms with E-state index in [0.29, 0.717) is 0 Å². The summed E-state index contributed by atoms with van der Waals surface area (Å²) in [7, 11) is 0. The maximum atomic E-state index is 9.12. The van der Waals surface area contributed by atoms with Gasteiger partial charge in [-0.2, -0.15) is 0 Å². The molecule has 0 aliphatic rings. The molecule has 0 saturated heterocycles. The van der Waals surface area contributed by atoms with Crippen LogP contribution in [0.4, 0.5) is 4.79 Å². The van der Waals surface area contributed by atoms with Gasteiger partial charge >= 0.3 is 65.1 Å². The van der Waals surface area contributed by atoms with Crippen LogP contribution >= 0.6 is 0 Å². The summed E-state index contributed by atoms with van der Waals surface area (Å²) in [5.74, 6) is -1.19. The number of aliphatic hydroxyl groups is 1. The quantitative estimate of drug-likeness (QED) is 0.388. The minimum Gasteiger partial charge on any atom is -0.652 e. The Morgan fingerprint density at radius 2 is 1.27 bits per heavy atom. The van der Waals surface area contributed by atoms with Crippen molar-refractivity contribution in [3.8, 4) is 0 Å². The zero-order valence-electron chi connectivity index (χ0n) is 6.23. The molecule has 0 rings (SSSR count). The molecule has 0 bridgehead atoms. The Kier molecular flexibility index (Phi) is 34.9. The van der Waals surface area contributed by atoms with Gasteiger partial charge in [0.15, 0.2) is 0 Å². The standard InChI is InChI=1S/C2H4O3.CH2O3.2Na/c3-1-2(4)5;2-1(3)4;;/h3H,1H2,(H,4,5);(H2,2,3,4);;/q;;2*+1/p-2. The van der Waals surface area contributed by atoms with Crippen molar-refractivity contribution in [3.63, 3.8) is 0 Å². The summed E-state index contributed by atoms with van der Waals surface area (Å²) in [5.41, 5.74) is 0. The normalized spacial score (nSPS) is 5.55. The molecule has 2 N–H and O–H groups in total. The van der Waals surface area contributed by atoms with Crippen LogP contribution in [0.5, 0.6) is 0 Å². The molecular weight excluding hydrogens is 178 g/mol. The van der Waals surface area contributed by atoms with E-state index in [4.69, 9.17) is 30.0 Å². The summed E-state index contributed by atoms with van der Waals surface area (Å²) in [4.78, 5) is 17.5. The Balaban J connectivity index is -0.0000000383. The first-order chi connectivity index (χ1) is 4.00. The van der Waals surface area contributed by atoms with Gasteiger partial charge in [-0.25, -0.2) is 4.79 Å². The SMILES string of the molecule is O=C(O)CO.O=C([O-])[O-].[Na+].[Na+]. The van der Waals surface area contributed by atoms with Gasteiger partial charge in [0, 0.05) is 0 Å². The van der Waals surface area contributed by atoms with Crippen LogP contribution in [0.25, 0.3) is 0 Å². The third-order valence-corrected chi connectivity index (χ3v) is 0.135. The van der Waals surface area contributed by atoms with Crippen LogP contribution in [0.15, 0.2) is 0 Å². The molecule has 0 spiro atoms. The molecule has 54 valence electrons. The number of carbonyl (C=O) groups excluding carboxylic acids is 1. The second-order valence-corrected chi connectivity index (χ2v) is 0.802. The van der Waals surface area contributed by atoms with Crippen molar-refractivity contribution >= 4 is 12.1 Å². The molecule has 0 aromatic carbocycles. The molecule has 0 fully saturated rings. The Labute approximate surface area is 107 Å². The first kappa shape index (κ1) is 22.6. The fourth-order valence-corrected chi connectivity index (χ4v) is 0. The zero-order chi connectivity index (χ0) is 7.86. The molecule has 0 aliphatic heterocycles. The van der Waals surface area contributed by atoms with Gasteiger partial charge in [0.05, 0.1) is 0 Å². The van der Waals surface area contributed by atoms with Crippen LogP contribution < -0.4 is 69.3 Å². The number of aliphatic hydroxyl groups excluding tert-OH is 1. The van der Waals surface area contributed by atoms with E-state index < -0.39 is 18.7 Å². The Morgan fingerprint density at radius 1 is 1.18 bits per heavy atom. The summed E-state index contributed by atoms with van der Waals surface area (Å²) in [6.45, 7) is -0.778. The van der Waals surface area contributed by atoms with Crippen molar-refractivity contribution in [1.82, 2.24) is 0 Å². The van der Waals surface area contributed by atoms with Crippen LogP contribution in [-0.4, -0.2) is 28.9 Å². The van der Waals surface area contributed by atoms with E-state index in [1.807, 2.05) is 0 Å². The summed E-state index contributed by atoms with van der Waals surface area (Å²) >= 11 is 0. The van der Waals surface area contributed by atoms with E-state index in [2.05, 4.69) is 0 Å². The predicted octanol–water partition coefficient (Wildman–Crippen LogP) is -9.38. The fraction of sp³-hybridized carbons (Fsp3) is 0.333. The van der Waals surface area contributed by atoms with Crippen molar-refractivity contribution in [1.29, 1.82) is 0 Å². The van der Waals surface area contributed by atoms with E-state index in [1.165, 1.54) is 0 Å². The van der Waals surface area contributed by atoms with Gasteiger partial charge in [0.25, 0.3) is 0 Å². The van der Waals surface area contributed by atoms with Crippen molar-refractivity contribution < 1.29 is 89.1 Å². The Hall–Kier alpha value is 0.700. The van der Waals surface area contributed by atoms with Crippen LogP contribution in [0.1, 0.15) is 0 Å². The summed E-state index contributed by atoms with van der Waals surface area (Å²) < 4.78 is 0. The Morgan fingerprint density at radius 3 is 1.27 bits per heavy atom. The molecule has 0 aromatic rings. The molecule has 6 nitrogen and oxygen atoms in total. The number of carboxylic acids is 1. The Bertz CT molecular complexity index is 100. The molecule has 0 heterocycles. The average molecular weight is 182 g/mol. The maximum Gasteiger partial charge on any atom is 1.00 e. The summed E-state index contributed by atoms with van der Waals surface area (Å²) in [6, 6.07) is 0. The molecule has 8 heteroatoms. The second-order valence-electron chi connectivity index (χ2n) is 0.802. The average Bonchev–Trinajstić information content (AvgIpc) is 1.65. The maximum absolute atomic E-state index is 9.12. The molecule has 0 aromatic heterocycles. The summed E-state index contributed by atoms with van der Waals surface area (Å²) in [6.07, 6.45) is -2.33. The minimum atomic E-state index is -2.33. The molecule has 11 heavy (non-hydrogen) atoms. The predicted molar refractivity (Wildman–Crippen MR) is 20.1 cm³/mol. The van der Waals surface area contributed by atoms with Crippen LogP contribution in [0.2, 0.25) is 0 Å². The van der Waals surface area contributed by atoms with Gasteiger partial charge in [-0.05, 0) is 6.16 Å². The fourth-order valence-electron chi connectivity index (χ4n) is 0. The first-order valence-electron chi connectivity index (χ1n) is 1.71. The third-order valence-electron chi connectivity index (χ3n) is 0.135. The third kappa shape index (κ3) is 111. The van der Waals surface area contributed by atoms with E-state index >= 15 is 0 Å². The second kappa shape index (κ2) is 17.0. The summed E-state index contributed by atoms with van der Waals surface area (Å²) in [5, 5.41) is 31.7. The molecular formula is C3H4Na2O6. The van der Waals surface area contributed by atoms with E-state index in [1.54, 1.807) is 0 Å². The van der Waals surface area contributed by atoms with Crippen molar-refractivity contribution in [3.05, 3.63) is 0 Å². The van der Waals surface area contributed by atoms with Crippen molar-refractivity contribution in [2.24, 2.45) is 0 Å². The van der Waals surface area contributed by atoms with Crippen molar-refractivity contribution in [2.75, 3.05) is 6.61 Å². The van der Waals surface area contributed by atoms with Gasteiger partial charge < -0.3 is 25.2 Å². The van der Waals surface area contributed by atoms with E-state index in [9.17, 15) is 0 Å². The van der Waals surface area contributed by atoms with Gasteiger partial charge in [-0.3, -0.25) is 0 Å². The molecule has 0 unspecified atom stereocenters. The van der Waals surface area contributed by atoms with Crippen molar-refractivity contribution in [2.45, 2.75) is 0 Å². The number of carbonyl (C=O) groups is 2. The number of aliphatic carboxylic acids is 1. The van der Waals surface area contributed by atoms with Gasteiger partial charge in [0.1, 0.15) is 6.61 Å². The molecule has 0 saturated carbocycles. The van der Waals surface area contributed by atoms with Crippen LogP contribution in [0, 0.1) is 0 Å². The van der Waals surface area contributed by atoms with Gasteiger partial charge in [0.2, 0.25) is 0 Å². The number of hydrogen-bond donors (Lipinski definition) is 2. The topological polar surface area (TPSA) is 121 Å². The van der Waals surface area contributed by atoms with Crippen LogP contribution in [0.3, 0.4) is 0 Å². The minimum absolute atomic E-state index is 0. The molecule has 0 atom stereocenters. The number of rotatable bonds is 1. The number of carboxylic acid groups (broad SMARTS) is 3. The van der Waals surface area contributed by atoms with Gasteiger partial charge in [-0.1, -0.05) is 0 Å².